The van der Waals surface area contributed by atoms with Gasteiger partial charge in [0.05, 0.1) is 12.3 Å². The quantitative estimate of drug-likeness (QED) is 0.871. The molecule has 0 saturated carbocycles. The summed E-state index contributed by atoms with van der Waals surface area (Å²) in [6.45, 7) is 2.57. The fourth-order valence-corrected chi connectivity index (χ4v) is 3.00. The molecule has 2 nitrogen and oxygen atoms in total. The Labute approximate surface area is 130 Å². The highest BCUT2D eigenvalue weighted by molar-refractivity contribution is 9.10. The number of hydrogen-bond donors (Lipinski definition) is 1. The van der Waals surface area contributed by atoms with Gasteiger partial charge < -0.3 is 10.1 Å². The van der Waals surface area contributed by atoms with Gasteiger partial charge in [-0.2, -0.15) is 0 Å². The predicted octanol–water partition coefficient (Wildman–Crippen LogP) is 4.58. The maximum atomic E-state index is 13.8. The van der Waals surface area contributed by atoms with Gasteiger partial charge in [0.15, 0.2) is 0 Å². The molecule has 0 amide bonds. The molecule has 21 heavy (non-hydrogen) atoms. The van der Waals surface area contributed by atoms with Gasteiger partial charge in [-0.25, -0.2) is 8.78 Å². The normalized spacial score (nSPS) is 13.0. The molecular formula is C16H14BrF2NO. The lowest BCUT2D eigenvalue weighted by Gasteiger charge is -2.12. The standard InChI is InChI=1S/C16H14BrF2NO/c1-9-4-14(19)15(7-13(9)18)20-8-11-6-12(17)5-10-2-3-21-16(10)11/h4-7,20H,2-3,8H2,1H3. The summed E-state index contributed by atoms with van der Waals surface area (Å²) >= 11 is 3.46. The second-order valence-corrected chi connectivity index (χ2v) is 6.00. The zero-order valence-electron chi connectivity index (χ0n) is 11.5. The first-order valence-corrected chi connectivity index (χ1v) is 7.47. The zero-order chi connectivity index (χ0) is 15.0. The van der Waals surface area contributed by atoms with Crippen LogP contribution in [0.5, 0.6) is 5.75 Å². The van der Waals surface area contributed by atoms with Gasteiger partial charge in [-0.05, 0) is 36.2 Å². The first-order chi connectivity index (χ1) is 10.0. The molecule has 2 aromatic carbocycles. The highest BCUT2D eigenvalue weighted by Gasteiger charge is 2.17. The number of ether oxygens (including phenoxy) is 1. The molecule has 0 fully saturated rings. The lowest BCUT2D eigenvalue weighted by molar-refractivity contribution is 0.354. The van der Waals surface area contributed by atoms with Crippen LogP contribution in [0.15, 0.2) is 28.7 Å². The number of benzene rings is 2. The Hall–Kier alpha value is -1.62. The molecule has 1 N–H and O–H groups in total. The van der Waals surface area contributed by atoms with Crippen LogP contribution in [0.25, 0.3) is 0 Å². The fraction of sp³-hybridized carbons (Fsp3) is 0.250. The van der Waals surface area contributed by atoms with E-state index < -0.39 is 11.6 Å². The molecule has 0 saturated heterocycles. The summed E-state index contributed by atoms with van der Waals surface area (Å²) < 4.78 is 33.9. The van der Waals surface area contributed by atoms with E-state index in [1.807, 2.05) is 12.1 Å². The molecule has 0 unspecified atom stereocenters. The number of fused-ring (bicyclic) bond motifs is 1. The van der Waals surface area contributed by atoms with E-state index in [0.717, 1.165) is 27.8 Å². The molecule has 0 spiro atoms. The number of anilines is 1. The van der Waals surface area contributed by atoms with E-state index in [1.54, 1.807) is 0 Å². The Morgan fingerprint density at radius 1 is 1.19 bits per heavy atom. The fourth-order valence-electron chi connectivity index (χ4n) is 2.45. The van der Waals surface area contributed by atoms with Crippen molar-refractivity contribution < 1.29 is 13.5 Å². The summed E-state index contributed by atoms with van der Waals surface area (Å²) in [5, 5.41) is 2.94. The molecule has 3 rings (SSSR count). The van der Waals surface area contributed by atoms with Crippen LogP contribution in [-0.4, -0.2) is 6.61 Å². The third kappa shape index (κ3) is 2.88. The van der Waals surface area contributed by atoms with Crippen LogP contribution >= 0.6 is 15.9 Å². The third-order valence-corrected chi connectivity index (χ3v) is 4.00. The van der Waals surface area contributed by atoms with E-state index in [-0.39, 0.29) is 5.69 Å². The zero-order valence-corrected chi connectivity index (χ0v) is 13.1. The van der Waals surface area contributed by atoms with Crippen molar-refractivity contribution in [1.29, 1.82) is 0 Å². The van der Waals surface area contributed by atoms with Crippen molar-refractivity contribution in [2.24, 2.45) is 0 Å². The molecular weight excluding hydrogens is 340 g/mol. The van der Waals surface area contributed by atoms with E-state index in [1.165, 1.54) is 19.1 Å². The Morgan fingerprint density at radius 3 is 2.81 bits per heavy atom. The van der Waals surface area contributed by atoms with Crippen molar-refractivity contribution in [1.82, 2.24) is 0 Å². The van der Waals surface area contributed by atoms with Crippen molar-refractivity contribution in [2.45, 2.75) is 19.9 Å². The summed E-state index contributed by atoms with van der Waals surface area (Å²) in [7, 11) is 0. The second kappa shape index (κ2) is 5.64. The molecule has 0 atom stereocenters. The molecule has 1 aliphatic rings. The van der Waals surface area contributed by atoms with Crippen LogP contribution < -0.4 is 10.1 Å². The second-order valence-electron chi connectivity index (χ2n) is 5.09. The summed E-state index contributed by atoms with van der Waals surface area (Å²) in [5.41, 5.74) is 2.52. The van der Waals surface area contributed by atoms with Crippen LogP contribution in [0, 0.1) is 18.6 Å². The largest absolute Gasteiger partial charge is 0.493 e. The van der Waals surface area contributed by atoms with Crippen LogP contribution in [0.4, 0.5) is 14.5 Å². The SMILES string of the molecule is Cc1cc(F)c(NCc2cc(Br)cc3c2OCC3)cc1F. The predicted molar refractivity (Wildman–Crippen MR) is 81.8 cm³/mol. The van der Waals surface area contributed by atoms with E-state index in [4.69, 9.17) is 4.74 Å². The first-order valence-electron chi connectivity index (χ1n) is 6.68. The van der Waals surface area contributed by atoms with E-state index in [9.17, 15) is 8.78 Å². The molecule has 1 aliphatic heterocycles. The molecule has 0 radical (unpaired) electrons. The van der Waals surface area contributed by atoms with Gasteiger partial charge in [0.25, 0.3) is 0 Å². The number of nitrogens with one attached hydrogen (secondary N) is 1. The van der Waals surface area contributed by atoms with Gasteiger partial charge in [-0.15, -0.1) is 0 Å². The van der Waals surface area contributed by atoms with Crippen molar-refractivity contribution in [3.63, 3.8) is 0 Å². The van der Waals surface area contributed by atoms with E-state index >= 15 is 0 Å². The van der Waals surface area contributed by atoms with Crippen LogP contribution in [0.1, 0.15) is 16.7 Å². The molecule has 0 aliphatic carbocycles. The molecule has 110 valence electrons. The summed E-state index contributed by atoms with van der Waals surface area (Å²) in [4.78, 5) is 0. The maximum Gasteiger partial charge on any atom is 0.146 e. The molecule has 0 aromatic heterocycles. The Bertz CT molecular complexity index is 703. The van der Waals surface area contributed by atoms with Gasteiger partial charge >= 0.3 is 0 Å². The van der Waals surface area contributed by atoms with Crippen molar-refractivity contribution in [3.05, 3.63) is 57.1 Å². The average molecular weight is 354 g/mol. The van der Waals surface area contributed by atoms with Crippen molar-refractivity contribution in [2.75, 3.05) is 11.9 Å². The molecule has 1 heterocycles. The molecule has 2 aromatic rings. The molecule has 0 bridgehead atoms. The van der Waals surface area contributed by atoms with Crippen molar-refractivity contribution in [3.8, 4) is 5.75 Å². The Morgan fingerprint density at radius 2 is 2.00 bits per heavy atom. The van der Waals surface area contributed by atoms with Gasteiger partial charge in [-0.1, -0.05) is 15.9 Å². The topological polar surface area (TPSA) is 21.3 Å². The summed E-state index contributed by atoms with van der Waals surface area (Å²) in [6.07, 6.45) is 0.870. The van der Waals surface area contributed by atoms with E-state index in [0.29, 0.717) is 18.7 Å². The Balaban J connectivity index is 1.84. The van der Waals surface area contributed by atoms with Crippen molar-refractivity contribution >= 4 is 21.6 Å². The minimum Gasteiger partial charge on any atom is -0.493 e. The van der Waals surface area contributed by atoms with Gasteiger partial charge in [0.1, 0.15) is 17.4 Å². The monoisotopic (exact) mass is 353 g/mol. The van der Waals surface area contributed by atoms with Gasteiger partial charge in [0, 0.05) is 29.1 Å². The number of rotatable bonds is 3. The number of hydrogen-bond acceptors (Lipinski definition) is 2. The summed E-state index contributed by atoms with van der Waals surface area (Å²) in [6, 6.07) is 6.33. The summed E-state index contributed by atoms with van der Waals surface area (Å²) in [5.74, 6) is -0.0326. The van der Waals surface area contributed by atoms with E-state index in [2.05, 4.69) is 21.2 Å². The van der Waals surface area contributed by atoms with Crippen LogP contribution in [0.3, 0.4) is 0 Å². The third-order valence-electron chi connectivity index (χ3n) is 3.54. The first kappa shape index (κ1) is 14.3. The smallest absolute Gasteiger partial charge is 0.146 e. The Kier molecular flexibility index (Phi) is 3.85. The minimum absolute atomic E-state index is 0.157. The molecule has 5 heteroatoms. The maximum absolute atomic E-state index is 13.8. The minimum atomic E-state index is -0.457. The van der Waals surface area contributed by atoms with Crippen LogP contribution in [-0.2, 0) is 13.0 Å². The lowest BCUT2D eigenvalue weighted by atomic mass is 10.1. The highest BCUT2D eigenvalue weighted by atomic mass is 79.9. The van der Waals surface area contributed by atoms with Crippen LogP contribution in [0.2, 0.25) is 0 Å². The van der Waals surface area contributed by atoms with Gasteiger partial charge in [-0.3, -0.25) is 0 Å². The number of aryl methyl sites for hydroxylation is 1. The van der Waals surface area contributed by atoms with Gasteiger partial charge in [0.2, 0.25) is 0 Å². The number of halogens is 3. The average Bonchev–Trinajstić information content (AvgIpc) is 2.89. The lowest BCUT2D eigenvalue weighted by Crippen LogP contribution is -2.04. The highest BCUT2D eigenvalue weighted by Crippen LogP contribution is 2.33.